The van der Waals surface area contributed by atoms with Crippen molar-refractivity contribution < 1.29 is 18.7 Å². The Labute approximate surface area is 138 Å². The van der Waals surface area contributed by atoms with Crippen molar-refractivity contribution >= 4 is 23.9 Å². The molecule has 2 aliphatic rings. The van der Waals surface area contributed by atoms with Crippen molar-refractivity contribution in [2.24, 2.45) is 11.8 Å². The molecule has 2 saturated carbocycles. The SMILES string of the molecule is O=CN[C@@H]1C[C@@H]2C[C@H]1C[C@H]2NC(=O)COc1ccc(Cl)c(F)c1. The average Bonchev–Trinajstić information content (AvgIpc) is 3.09. The molecule has 0 radical (unpaired) electrons. The number of carbonyl (C=O) groups is 2. The fourth-order valence-electron chi connectivity index (χ4n) is 3.71. The molecular formula is C16H18ClFN2O3. The summed E-state index contributed by atoms with van der Waals surface area (Å²) in [5, 5.41) is 5.83. The zero-order chi connectivity index (χ0) is 16.4. The lowest BCUT2D eigenvalue weighted by atomic mass is 9.91. The van der Waals surface area contributed by atoms with Crippen LogP contribution >= 0.6 is 11.6 Å². The summed E-state index contributed by atoms with van der Waals surface area (Å²) in [5.74, 6) is 0.297. The highest BCUT2D eigenvalue weighted by atomic mass is 35.5. The van der Waals surface area contributed by atoms with Crippen molar-refractivity contribution in [3.63, 3.8) is 0 Å². The van der Waals surface area contributed by atoms with Gasteiger partial charge in [-0.25, -0.2) is 4.39 Å². The van der Waals surface area contributed by atoms with Crippen LogP contribution in [0, 0.1) is 17.7 Å². The van der Waals surface area contributed by atoms with E-state index < -0.39 is 5.82 Å². The first-order valence-electron chi connectivity index (χ1n) is 7.63. The largest absolute Gasteiger partial charge is 0.484 e. The highest BCUT2D eigenvalue weighted by molar-refractivity contribution is 6.30. The van der Waals surface area contributed by atoms with Crippen LogP contribution in [0.3, 0.4) is 0 Å². The Morgan fingerprint density at radius 1 is 1.30 bits per heavy atom. The first-order valence-corrected chi connectivity index (χ1v) is 8.01. The Balaban J connectivity index is 1.46. The summed E-state index contributed by atoms with van der Waals surface area (Å²) >= 11 is 5.59. The number of carbonyl (C=O) groups excluding carboxylic acids is 2. The molecule has 0 heterocycles. The number of ether oxygens (including phenoxy) is 1. The number of hydrogen-bond donors (Lipinski definition) is 2. The van der Waals surface area contributed by atoms with Gasteiger partial charge in [-0.1, -0.05) is 11.6 Å². The molecule has 3 rings (SSSR count). The Morgan fingerprint density at radius 3 is 2.70 bits per heavy atom. The van der Waals surface area contributed by atoms with Crippen LogP contribution in [0.4, 0.5) is 4.39 Å². The van der Waals surface area contributed by atoms with Gasteiger partial charge < -0.3 is 15.4 Å². The quantitative estimate of drug-likeness (QED) is 0.777. The summed E-state index contributed by atoms with van der Waals surface area (Å²) in [6.45, 7) is -0.162. The van der Waals surface area contributed by atoms with E-state index in [1.807, 2.05) is 0 Å². The molecule has 0 aliphatic heterocycles. The summed E-state index contributed by atoms with van der Waals surface area (Å²) in [4.78, 5) is 22.5. The number of rotatable bonds is 6. The van der Waals surface area contributed by atoms with Crippen molar-refractivity contribution in [1.82, 2.24) is 10.6 Å². The van der Waals surface area contributed by atoms with E-state index >= 15 is 0 Å². The van der Waals surface area contributed by atoms with Crippen LogP contribution in [-0.2, 0) is 9.59 Å². The Kier molecular flexibility index (Phi) is 4.71. The first kappa shape index (κ1) is 16.1. The van der Waals surface area contributed by atoms with Crippen LogP contribution < -0.4 is 15.4 Å². The topological polar surface area (TPSA) is 67.4 Å². The van der Waals surface area contributed by atoms with Gasteiger partial charge in [-0.05, 0) is 43.2 Å². The Hall–Kier alpha value is -1.82. The maximum absolute atomic E-state index is 13.3. The molecule has 2 amide bonds. The first-order chi connectivity index (χ1) is 11.1. The lowest BCUT2D eigenvalue weighted by molar-refractivity contribution is -0.124. The van der Waals surface area contributed by atoms with Crippen molar-refractivity contribution in [2.45, 2.75) is 31.3 Å². The second-order valence-corrected chi connectivity index (χ2v) is 6.56. The zero-order valence-corrected chi connectivity index (χ0v) is 13.2. The summed E-state index contributed by atoms with van der Waals surface area (Å²) < 4.78 is 18.6. The second-order valence-electron chi connectivity index (χ2n) is 6.16. The van der Waals surface area contributed by atoms with Gasteiger partial charge in [0.2, 0.25) is 6.41 Å². The number of halogens is 2. The molecule has 23 heavy (non-hydrogen) atoms. The maximum Gasteiger partial charge on any atom is 0.258 e. The molecule has 0 aromatic heterocycles. The fourth-order valence-corrected chi connectivity index (χ4v) is 3.83. The average molecular weight is 341 g/mol. The normalized spacial score (nSPS) is 28.4. The van der Waals surface area contributed by atoms with Crippen molar-refractivity contribution in [3.05, 3.63) is 29.0 Å². The second kappa shape index (κ2) is 6.74. The fraction of sp³-hybridized carbons (Fsp3) is 0.500. The third-order valence-corrected chi connectivity index (χ3v) is 5.05. The van der Waals surface area contributed by atoms with E-state index in [4.69, 9.17) is 16.3 Å². The third-order valence-electron chi connectivity index (χ3n) is 4.75. The molecule has 124 valence electrons. The molecule has 0 unspecified atom stereocenters. The predicted molar refractivity (Wildman–Crippen MR) is 82.7 cm³/mol. The monoisotopic (exact) mass is 340 g/mol. The van der Waals surface area contributed by atoms with Crippen molar-refractivity contribution in [3.8, 4) is 5.75 Å². The number of nitrogens with one attached hydrogen (secondary N) is 2. The lowest BCUT2D eigenvalue weighted by Crippen LogP contribution is -2.45. The van der Waals surface area contributed by atoms with Gasteiger partial charge >= 0.3 is 0 Å². The van der Waals surface area contributed by atoms with Gasteiger partial charge in [-0.15, -0.1) is 0 Å². The molecule has 1 aromatic rings. The van der Waals surface area contributed by atoms with E-state index in [0.717, 1.165) is 31.7 Å². The summed E-state index contributed by atoms with van der Waals surface area (Å²) in [6.07, 6.45) is 3.55. The smallest absolute Gasteiger partial charge is 0.258 e. The number of hydrogen-bond acceptors (Lipinski definition) is 3. The van der Waals surface area contributed by atoms with Gasteiger partial charge in [0.05, 0.1) is 5.02 Å². The molecule has 1 aromatic carbocycles. The Morgan fingerprint density at radius 2 is 2.04 bits per heavy atom. The molecular weight excluding hydrogens is 323 g/mol. The molecule has 2 bridgehead atoms. The van der Waals surface area contributed by atoms with Crippen LogP contribution in [0.5, 0.6) is 5.75 Å². The lowest BCUT2D eigenvalue weighted by Gasteiger charge is -2.28. The van der Waals surface area contributed by atoms with E-state index in [1.54, 1.807) is 0 Å². The molecule has 5 nitrogen and oxygen atoms in total. The van der Waals surface area contributed by atoms with Gasteiger partial charge in [0.1, 0.15) is 11.6 Å². The number of amides is 2. The van der Waals surface area contributed by atoms with Crippen LogP contribution in [-0.4, -0.2) is 31.0 Å². The molecule has 4 atom stereocenters. The molecule has 2 aliphatic carbocycles. The van der Waals surface area contributed by atoms with Gasteiger partial charge in [0, 0.05) is 18.2 Å². The van der Waals surface area contributed by atoms with E-state index in [2.05, 4.69) is 10.6 Å². The molecule has 0 saturated heterocycles. The van der Waals surface area contributed by atoms with Crippen molar-refractivity contribution in [1.29, 1.82) is 0 Å². The van der Waals surface area contributed by atoms with E-state index in [-0.39, 0.29) is 35.4 Å². The highest BCUT2D eigenvalue weighted by Gasteiger charge is 2.46. The highest BCUT2D eigenvalue weighted by Crippen LogP contribution is 2.44. The molecule has 2 fully saturated rings. The van der Waals surface area contributed by atoms with Crippen LogP contribution in [0.15, 0.2) is 18.2 Å². The summed E-state index contributed by atoms with van der Waals surface area (Å²) in [7, 11) is 0. The van der Waals surface area contributed by atoms with Crippen molar-refractivity contribution in [2.75, 3.05) is 6.61 Å². The van der Waals surface area contributed by atoms with E-state index in [9.17, 15) is 14.0 Å². The van der Waals surface area contributed by atoms with Gasteiger partial charge in [0.25, 0.3) is 5.91 Å². The molecule has 7 heteroatoms. The number of benzene rings is 1. The minimum Gasteiger partial charge on any atom is -0.484 e. The van der Waals surface area contributed by atoms with E-state index in [0.29, 0.717) is 11.8 Å². The van der Waals surface area contributed by atoms with Crippen LogP contribution in [0.25, 0.3) is 0 Å². The van der Waals surface area contributed by atoms with Gasteiger partial charge in [-0.2, -0.15) is 0 Å². The minimum absolute atomic E-state index is 0.0160. The number of fused-ring (bicyclic) bond motifs is 2. The minimum atomic E-state index is -0.577. The zero-order valence-electron chi connectivity index (χ0n) is 12.4. The predicted octanol–water partition coefficient (Wildman–Crippen LogP) is 1.89. The summed E-state index contributed by atoms with van der Waals surface area (Å²) in [6, 6.07) is 4.43. The third kappa shape index (κ3) is 3.58. The summed E-state index contributed by atoms with van der Waals surface area (Å²) in [5.41, 5.74) is 0. The van der Waals surface area contributed by atoms with Crippen LogP contribution in [0.1, 0.15) is 19.3 Å². The van der Waals surface area contributed by atoms with Crippen LogP contribution in [0.2, 0.25) is 5.02 Å². The van der Waals surface area contributed by atoms with E-state index in [1.165, 1.54) is 12.1 Å². The molecule has 0 spiro atoms. The van der Waals surface area contributed by atoms with Gasteiger partial charge in [0.15, 0.2) is 6.61 Å². The standard InChI is InChI=1S/C16H18ClFN2O3/c17-12-2-1-11(6-13(12)18)23-7-16(22)20-15-5-9-3-10(15)4-14(9)19-8-21/h1-2,6,8-10,14-15H,3-5,7H2,(H,19,21)(H,20,22)/t9-,10-,14+,15+/m0/s1. The maximum atomic E-state index is 13.3. The van der Waals surface area contributed by atoms with Gasteiger partial charge in [-0.3, -0.25) is 9.59 Å². The molecule has 2 N–H and O–H groups in total. The Bertz CT molecular complexity index is 613.